The number of nitrogens with two attached hydrogens (primary N) is 1. The summed E-state index contributed by atoms with van der Waals surface area (Å²) in [6, 6.07) is 14.4. The number of amides is 7. The maximum atomic E-state index is 13.3. The number of imide groups is 2. The standard InChI is InChI=1S/C46H49N11O8/c1-55(22-4-2-3-19-48-20-6-8-28-7-5-9-32-38(28)46(64)57(45(32)63)35-16-17-37(58)53-42(35)61)44(62)29-12-14-31(15-13-29)56-25-33(39(54-56)40(47)59)51-41(60)34-26-65-43(52-34)30-18-21-49-36(23-30)50-24-27-10-11-27/h5,7,9,12-15,18,21,23,25-27,35,48H,2-4,6,8,10-11,16-17,19-20,22,24H2,1H3,(H2,47,59)(H,49,50)(H,51,60)(H,53,58,61). The molecule has 19 nitrogen and oxygen atoms in total. The third-order valence-corrected chi connectivity index (χ3v) is 11.6. The van der Waals surface area contributed by atoms with Gasteiger partial charge in [-0.25, -0.2) is 14.6 Å². The van der Waals surface area contributed by atoms with E-state index in [2.05, 4.69) is 36.3 Å². The van der Waals surface area contributed by atoms with Crippen LogP contribution in [0.1, 0.15) is 109 Å². The average molecular weight is 884 g/mol. The summed E-state index contributed by atoms with van der Waals surface area (Å²) in [5.74, 6) is -2.10. The zero-order valence-corrected chi connectivity index (χ0v) is 35.8. The van der Waals surface area contributed by atoms with Gasteiger partial charge in [0, 0.05) is 43.9 Å². The SMILES string of the molecule is CN(CCCCCNCCCc1cccc2c1C(=O)N(C1CCC(=O)NC1=O)C2=O)C(=O)c1ccc(-n2cc(NC(=O)c3coc(-c4ccnc(NCC5CC5)c4)n3)c(C(N)=O)n2)cc1. The number of oxazole rings is 1. The third-order valence-electron chi connectivity index (χ3n) is 11.6. The summed E-state index contributed by atoms with van der Waals surface area (Å²) in [6.07, 6.45) is 10.8. The lowest BCUT2D eigenvalue weighted by molar-refractivity contribution is -0.136. The first-order chi connectivity index (χ1) is 31.4. The second-order valence-electron chi connectivity index (χ2n) is 16.4. The van der Waals surface area contributed by atoms with Crippen LogP contribution in [0.4, 0.5) is 11.5 Å². The number of piperidine rings is 1. The Balaban J connectivity index is 0.758. The summed E-state index contributed by atoms with van der Waals surface area (Å²) in [5, 5.41) is 15.9. The molecule has 2 aromatic carbocycles. The Kier molecular flexibility index (Phi) is 13.2. The number of nitrogens with one attached hydrogen (secondary N) is 4. The zero-order valence-electron chi connectivity index (χ0n) is 35.8. The lowest BCUT2D eigenvalue weighted by Gasteiger charge is -2.27. The average Bonchev–Trinajstić information content (AvgIpc) is 3.71. The molecule has 0 radical (unpaired) electrons. The van der Waals surface area contributed by atoms with Gasteiger partial charge in [-0.2, -0.15) is 5.10 Å². The number of aromatic nitrogens is 4. The van der Waals surface area contributed by atoms with Gasteiger partial charge in [0.2, 0.25) is 17.7 Å². The first-order valence-corrected chi connectivity index (χ1v) is 21.7. The molecule has 3 aliphatic rings. The number of rotatable bonds is 20. The van der Waals surface area contributed by atoms with Crippen LogP contribution in [0.15, 0.2) is 77.7 Å². The van der Waals surface area contributed by atoms with Crippen molar-refractivity contribution in [3.05, 3.63) is 107 Å². The number of carbonyl (C=O) groups excluding carboxylic acids is 7. The van der Waals surface area contributed by atoms with E-state index in [1.54, 1.807) is 66.7 Å². The van der Waals surface area contributed by atoms with E-state index in [9.17, 15) is 33.6 Å². The van der Waals surface area contributed by atoms with Crippen molar-refractivity contribution in [1.82, 2.24) is 40.2 Å². The summed E-state index contributed by atoms with van der Waals surface area (Å²) in [6.45, 7) is 2.87. The summed E-state index contributed by atoms with van der Waals surface area (Å²) in [7, 11) is 1.75. The molecular formula is C46H49N11O8. The van der Waals surface area contributed by atoms with E-state index in [0.29, 0.717) is 53.6 Å². The highest BCUT2D eigenvalue weighted by Gasteiger charge is 2.45. The molecule has 0 spiro atoms. The Morgan fingerprint density at radius 1 is 0.954 bits per heavy atom. The number of primary amides is 1. The molecule has 5 heterocycles. The van der Waals surface area contributed by atoms with Crippen molar-refractivity contribution in [1.29, 1.82) is 0 Å². The van der Waals surface area contributed by atoms with Crippen LogP contribution < -0.4 is 27.0 Å². The largest absolute Gasteiger partial charge is 0.444 e. The Hall–Kier alpha value is -7.54. The topological polar surface area (TPSA) is 257 Å². The first kappa shape index (κ1) is 44.1. The minimum atomic E-state index is -0.998. The number of unbranched alkanes of at least 4 members (excludes halogenated alkanes) is 2. The lowest BCUT2D eigenvalue weighted by Crippen LogP contribution is -2.54. The summed E-state index contributed by atoms with van der Waals surface area (Å²) >= 11 is 0. The molecule has 1 aliphatic carbocycles. The molecule has 0 bridgehead atoms. The Labute approximate surface area is 373 Å². The van der Waals surface area contributed by atoms with Gasteiger partial charge in [-0.15, -0.1) is 0 Å². The quantitative estimate of drug-likeness (QED) is 0.0549. The predicted molar refractivity (Wildman–Crippen MR) is 236 cm³/mol. The van der Waals surface area contributed by atoms with Crippen LogP contribution in [0.5, 0.6) is 0 Å². The number of hydrogen-bond donors (Lipinski definition) is 5. The molecule has 5 aromatic rings. The van der Waals surface area contributed by atoms with Gasteiger partial charge < -0.3 is 31.0 Å². The number of nitrogens with zero attached hydrogens (tertiary/aromatic N) is 6. The van der Waals surface area contributed by atoms with Crippen molar-refractivity contribution in [3.63, 3.8) is 0 Å². The second-order valence-corrected chi connectivity index (χ2v) is 16.4. The van der Waals surface area contributed by atoms with Crippen molar-refractivity contribution in [2.75, 3.05) is 43.9 Å². The van der Waals surface area contributed by atoms with E-state index in [1.165, 1.54) is 30.0 Å². The van der Waals surface area contributed by atoms with Gasteiger partial charge in [0.25, 0.3) is 29.5 Å². The molecule has 7 amide bonds. The molecule has 2 aliphatic heterocycles. The molecule has 1 saturated carbocycles. The van der Waals surface area contributed by atoms with E-state index < -0.39 is 41.5 Å². The molecule has 65 heavy (non-hydrogen) atoms. The van der Waals surface area contributed by atoms with Crippen LogP contribution in [-0.2, 0) is 16.0 Å². The number of anilines is 2. The van der Waals surface area contributed by atoms with Gasteiger partial charge in [0.1, 0.15) is 18.1 Å². The third kappa shape index (κ3) is 10.1. The van der Waals surface area contributed by atoms with Crippen molar-refractivity contribution in [3.8, 4) is 17.1 Å². The van der Waals surface area contributed by atoms with Gasteiger partial charge in [-0.3, -0.25) is 43.8 Å². The minimum absolute atomic E-state index is 0.0141. The molecule has 1 unspecified atom stereocenters. The number of carbonyl (C=O) groups is 7. The number of fused-ring (bicyclic) bond motifs is 1. The normalized spacial score (nSPS) is 15.8. The van der Waals surface area contributed by atoms with Crippen molar-refractivity contribution < 1.29 is 38.0 Å². The molecule has 2 fully saturated rings. The van der Waals surface area contributed by atoms with E-state index >= 15 is 0 Å². The van der Waals surface area contributed by atoms with Crippen LogP contribution in [-0.4, -0.2) is 110 Å². The molecule has 1 saturated heterocycles. The van der Waals surface area contributed by atoms with Crippen LogP contribution >= 0.6 is 0 Å². The van der Waals surface area contributed by atoms with Gasteiger partial charge in [-0.05, 0) is 112 Å². The van der Waals surface area contributed by atoms with Gasteiger partial charge in [0.05, 0.1) is 28.7 Å². The zero-order chi connectivity index (χ0) is 45.6. The van der Waals surface area contributed by atoms with Crippen LogP contribution in [0, 0.1) is 5.92 Å². The molecule has 3 aromatic heterocycles. The predicted octanol–water partition coefficient (Wildman–Crippen LogP) is 3.96. The Morgan fingerprint density at radius 2 is 1.75 bits per heavy atom. The Bertz CT molecular complexity index is 2650. The van der Waals surface area contributed by atoms with E-state index in [0.717, 1.165) is 49.2 Å². The monoisotopic (exact) mass is 883 g/mol. The molecule has 8 rings (SSSR count). The van der Waals surface area contributed by atoms with Crippen LogP contribution in [0.2, 0.25) is 0 Å². The summed E-state index contributed by atoms with van der Waals surface area (Å²) in [4.78, 5) is 101. The highest BCUT2D eigenvalue weighted by atomic mass is 16.3. The van der Waals surface area contributed by atoms with Gasteiger partial charge in [0.15, 0.2) is 11.4 Å². The van der Waals surface area contributed by atoms with E-state index in [1.807, 2.05) is 6.07 Å². The van der Waals surface area contributed by atoms with E-state index in [-0.39, 0.29) is 47.3 Å². The molecule has 1 atom stereocenters. The fourth-order valence-corrected chi connectivity index (χ4v) is 7.88. The minimum Gasteiger partial charge on any atom is -0.444 e. The van der Waals surface area contributed by atoms with E-state index in [4.69, 9.17) is 10.2 Å². The fraction of sp³-hybridized carbons (Fsp3) is 0.348. The highest BCUT2D eigenvalue weighted by Crippen LogP contribution is 2.31. The molecular weight excluding hydrogens is 835 g/mol. The maximum Gasteiger partial charge on any atom is 0.277 e. The van der Waals surface area contributed by atoms with Crippen molar-refractivity contribution in [2.45, 2.75) is 63.8 Å². The van der Waals surface area contributed by atoms with Crippen LogP contribution in [0.25, 0.3) is 17.1 Å². The number of aryl methyl sites for hydroxylation is 1. The molecule has 336 valence electrons. The van der Waals surface area contributed by atoms with Crippen molar-refractivity contribution >= 4 is 52.9 Å². The number of pyridine rings is 1. The van der Waals surface area contributed by atoms with Crippen molar-refractivity contribution in [2.24, 2.45) is 11.7 Å². The molecule has 6 N–H and O–H groups in total. The first-order valence-electron chi connectivity index (χ1n) is 21.7. The fourth-order valence-electron chi connectivity index (χ4n) is 7.88. The second kappa shape index (κ2) is 19.5. The maximum absolute atomic E-state index is 13.3. The van der Waals surface area contributed by atoms with Crippen LogP contribution in [0.3, 0.4) is 0 Å². The Morgan fingerprint density at radius 3 is 2.52 bits per heavy atom. The number of benzene rings is 2. The summed E-state index contributed by atoms with van der Waals surface area (Å²) < 4.78 is 6.98. The number of hydrogen-bond acceptors (Lipinski definition) is 13. The van der Waals surface area contributed by atoms with Gasteiger partial charge in [-0.1, -0.05) is 18.6 Å². The highest BCUT2D eigenvalue weighted by molar-refractivity contribution is 6.24. The van der Waals surface area contributed by atoms with Gasteiger partial charge >= 0.3 is 0 Å². The summed E-state index contributed by atoms with van der Waals surface area (Å²) in [5.41, 5.74) is 8.51. The smallest absolute Gasteiger partial charge is 0.277 e. The lowest BCUT2D eigenvalue weighted by atomic mass is 9.99. The molecule has 19 heteroatoms.